The Balaban J connectivity index is 2.10. The molecular formula is C18H20N2O2. The van der Waals surface area contributed by atoms with E-state index >= 15 is 0 Å². The van der Waals surface area contributed by atoms with Crippen molar-refractivity contribution in [2.45, 2.75) is 20.3 Å². The van der Waals surface area contributed by atoms with E-state index in [1.165, 1.54) is 5.56 Å². The van der Waals surface area contributed by atoms with Gasteiger partial charge >= 0.3 is 0 Å². The molecule has 4 nitrogen and oxygen atoms in total. The van der Waals surface area contributed by atoms with Gasteiger partial charge in [-0.1, -0.05) is 36.8 Å². The summed E-state index contributed by atoms with van der Waals surface area (Å²) in [6.07, 6.45) is 0.742. The SMILES string of the molecule is CC/C(=N\NC(=O)c1ccc(OC)cc1)c1ccc(C)cc1. The van der Waals surface area contributed by atoms with Crippen molar-refractivity contribution in [2.75, 3.05) is 7.11 Å². The zero-order valence-electron chi connectivity index (χ0n) is 13.1. The molecule has 0 fully saturated rings. The van der Waals surface area contributed by atoms with E-state index in [2.05, 4.69) is 10.5 Å². The van der Waals surface area contributed by atoms with Gasteiger partial charge in [-0.2, -0.15) is 5.10 Å². The lowest BCUT2D eigenvalue weighted by Crippen LogP contribution is -2.19. The number of carbonyl (C=O) groups is 1. The summed E-state index contributed by atoms with van der Waals surface area (Å²) in [7, 11) is 1.59. The summed E-state index contributed by atoms with van der Waals surface area (Å²) in [4.78, 5) is 12.1. The van der Waals surface area contributed by atoms with Crippen LogP contribution in [-0.4, -0.2) is 18.7 Å². The van der Waals surface area contributed by atoms with Crippen molar-refractivity contribution in [3.63, 3.8) is 0 Å². The lowest BCUT2D eigenvalue weighted by Gasteiger charge is -2.06. The van der Waals surface area contributed by atoms with Gasteiger partial charge in [0, 0.05) is 5.56 Å². The van der Waals surface area contributed by atoms with Crippen LogP contribution < -0.4 is 10.2 Å². The van der Waals surface area contributed by atoms with E-state index in [-0.39, 0.29) is 5.91 Å². The van der Waals surface area contributed by atoms with E-state index in [1.54, 1.807) is 31.4 Å². The molecule has 2 rings (SSSR count). The molecule has 1 amide bonds. The Morgan fingerprint density at radius 3 is 2.18 bits per heavy atom. The Bertz CT molecular complexity index is 658. The summed E-state index contributed by atoms with van der Waals surface area (Å²) < 4.78 is 5.07. The fraction of sp³-hybridized carbons (Fsp3) is 0.222. The summed E-state index contributed by atoms with van der Waals surface area (Å²) in [6, 6.07) is 15.0. The van der Waals surface area contributed by atoms with Crippen LogP contribution in [-0.2, 0) is 0 Å². The maximum Gasteiger partial charge on any atom is 0.271 e. The van der Waals surface area contributed by atoms with E-state index in [9.17, 15) is 4.79 Å². The Labute approximate surface area is 130 Å². The third kappa shape index (κ3) is 3.95. The molecule has 0 saturated heterocycles. The number of nitrogens with one attached hydrogen (secondary N) is 1. The highest BCUT2D eigenvalue weighted by Gasteiger charge is 2.06. The number of aryl methyl sites for hydroxylation is 1. The summed E-state index contributed by atoms with van der Waals surface area (Å²) in [5.41, 5.74) is 6.22. The zero-order valence-corrected chi connectivity index (χ0v) is 13.1. The van der Waals surface area contributed by atoms with Crippen molar-refractivity contribution in [3.8, 4) is 5.75 Å². The van der Waals surface area contributed by atoms with Gasteiger partial charge in [0.1, 0.15) is 5.75 Å². The van der Waals surface area contributed by atoms with Crippen LogP contribution in [0.1, 0.15) is 34.8 Å². The van der Waals surface area contributed by atoms with E-state index in [0.29, 0.717) is 11.3 Å². The highest BCUT2D eigenvalue weighted by atomic mass is 16.5. The minimum atomic E-state index is -0.235. The molecule has 0 spiro atoms. The number of hydrogen-bond donors (Lipinski definition) is 1. The monoisotopic (exact) mass is 296 g/mol. The van der Waals surface area contributed by atoms with Gasteiger partial charge in [0.15, 0.2) is 0 Å². The molecule has 2 aromatic carbocycles. The molecule has 0 aliphatic rings. The van der Waals surface area contributed by atoms with Crippen LogP contribution in [0.25, 0.3) is 0 Å². The molecule has 0 radical (unpaired) electrons. The van der Waals surface area contributed by atoms with Crippen molar-refractivity contribution in [3.05, 3.63) is 65.2 Å². The number of hydrazone groups is 1. The van der Waals surface area contributed by atoms with Crippen molar-refractivity contribution < 1.29 is 9.53 Å². The fourth-order valence-corrected chi connectivity index (χ4v) is 2.02. The van der Waals surface area contributed by atoms with Crippen molar-refractivity contribution in [2.24, 2.45) is 5.10 Å². The lowest BCUT2D eigenvalue weighted by molar-refractivity contribution is 0.0955. The van der Waals surface area contributed by atoms with Gasteiger partial charge in [-0.05, 0) is 43.2 Å². The maximum atomic E-state index is 12.1. The van der Waals surface area contributed by atoms with Crippen LogP contribution in [0, 0.1) is 6.92 Å². The quantitative estimate of drug-likeness (QED) is 0.677. The first-order chi connectivity index (χ1) is 10.6. The fourth-order valence-electron chi connectivity index (χ4n) is 2.02. The van der Waals surface area contributed by atoms with Crippen LogP contribution in [0.15, 0.2) is 53.6 Å². The average Bonchev–Trinajstić information content (AvgIpc) is 2.56. The summed E-state index contributed by atoms with van der Waals surface area (Å²) in [5, 5.41) is 4.25. The van der Waals surface area contributed by atoms with Gasteiger partial charge in [-0.25, -0.2) is 5.43 Å². The molecule has 0 bridgehead atoms. The largest absolute Gasteiger partial charge is 0.497 e. The normalized spacial score (nSPS) is 11.1. The molecule has 0 aliphatic carbocycles. The number of nitrogens with zero attached hydrogens (tertiary/aromatic N) is 1. The van der Waals surface area contributed by atoms with Crippen LogP contribution in [0.5, 0.6) is 5.75 Å². The molecule has 0 aliphatic heterocycles. The molecule has 0 heterocycles. The van der Waals surface area contributed by atoms with Gasteiger partial charge in [0.25, 0.3) is 5.91 Å². The zero-order chi connectivity index (χ0) is 15.9. The number of hydrogen-bond acceptors (Lipinski definition) is 3. The molecule has 22 heavy (non-hydrogen) atoms. The predicted octanol–water partition coefficient (Wildman–Crippen LogP) is 3.55. The van der Waals surface area contributed by atoms with Gasteiger partial charge in [-0.3, -0.25) is 4.79 Å². The highest BCUT2D eigenvalue weighted by Crippen LogP contribution is 2.11. The Morgan fingerprint density at radius 2 is 1.64 bits per heavy atom. The van der Waals surface area contributed by atoms with Crippen molar-refractivity contribution in [1.82, 2.24) is 5.43 Å². The molecule has 2 aromatic rings. The number of amides is 1. The third-order valence-electron chi connectivity index (χ3n) is 3.36. The second-order valence-corrected chi connectivity index (χ2v) is 4.95. The molecule has 0 unspecified atom stereocenters. The molecule has 0 atom stereocenters. The topological polar surface area (TPSA) is 50.7 Å². The van der Waals surface area contributed by atoms with Gasteiger partial charge in [-0.15, -0.1) is 0 Å². The molecular weight excluding hydrogens is 276 g/mol. The van der Waals surface area contributed by atoms with Crippen LogP contribution in [0.2, 0.25) is 0 Å². The van der Waals surface area contributed by atoms with E-state index in [4.69, 9.17) is 4.74 Å². The summed E-state index contributed by atoms with van der Waals surface area (Å²) >= 11 is 0. The van der Waals surface area contributed by atoms with Crippen LogP contribution in [0.3, 0.4) is 0 Å². The van der Waals surface area contributed by atoms with E-state index < -0.39 is 0 Å². The van der Waals surface area contributed by atoms with Gasteiger partial charge < -0.3 is 4.74 Å². The highest BCUT2D eigenvalue weighted by molar-refractivity contribution is 6.02. The Morgan fingerprint density at radius 1 is 1.05 bits per heavy atom. The third-order valence-corrected chi connectivity index (χ3v) is 3.36. The molecule has 114 valence electrons. The number of methoxy groups -OCH3 is 1. The minimum absolute atomic E-state index is 0.235. The molecule has 4 heteroatoms. The van der Waals surface area contributed by atoms with Crippen LogP contribution >= 0.6 is 0 Å². The average molecular weight is 296 g/mol. The van der Waals surface area contributed by atoms with Gasteiger partial charge in [0.2, 0.25) is 0 Å². The van der Waals surface area contributed by atoms with Gasteiger partial charge in [0.05, 0.1) is 12.8 Å². The number of carbonyl (C=O) groups excluding carboxylic acids is 1. The lowest BCUT2D eigenvalue weighted by atomic mass is 10.1. The van der Waals surface area contributed by atoms with E-state index in [0.717, 1.165) is 17.7 Å². The maximum absolute atomic E-state index is 12.1. The smallest absolute Gasteiger partial charge is 0.271 e. The predicted molar refractivity (Wildman–Crippen MR) is 88.5 cm³/mol. The summed E-state index contributed by atoms with van der Waals surface area (Å²) in [6.45, 7) is 4.05. The Kier molecular flexibility index (Phi) is 5.31. The number of ether oxygens (including phenoxy) is 1. The second kappa shape index (κ2) is 7.41. The first kappa shape index (κ1) is 15.8. The first-order valence-electron chi connectivity index (χ1n) is 7.22. The van der Waals surface area contributed by atoms with Crippen LogP contribution in [0.4, 0.5) is 0 Å². The van der Waals surface area contributed by atoms with Crippen molar-refractivity contribution >= 4 is 11.6 Å². The molecule has 1 N–H and O–H groups in total. The molecule has 0 aromatic heterocycles. The minimum Gasteiger partial charge on any atom is -0.497 e. The molecule has 0 saturated carbocycles. The Hall–Kier alpha value is -2.62. The first-order valence-corrected chi connectivity index (χ1v) is 7.22. The number of rotatable bonds is 5. The summed E-state index contributed by atoms with van der Waals surface area (Å²) in [5.74, 6) is 0.481. The standard InChI is InChI=1S/C18H20N2O2/c1-4-17(14-7-5-13(2)6-8-14)19-20-18(21)15-9-11-16(22-3)12-10-15/h5-12H,4H2,1-3H3,(H,20,21)/b19-17+. The second-order valence-electron chi connectivity index (χ2n) is 4.95. The van der Waals surface area contributed by atoms with Crippen molar-refractivity contribution in [1.29, 1.82) is 0 Å². The number of benzene rings is 2. The van der Waals surface area contributed by atoms with E-state index in [1.807, 2.05) is 38.1 Å².